The third kappa shape index (κ3) is 5.46. The Morgan fingerprint density at radius 3 is 2.50 bits per heavy atom. The van der Waals surface area contributed by atoms with E-state index in [1.165, 1.54) is 6.42 Å². The largest absolute Gasteiger partial charge is 0.496 e. The third-order valence-corrected chi connectivity index (χ3v) is 6.14. The molecule has 1 aliphatic rings. The summed E-state index contributed by atoms with van der Waals surface area (Å²) >= 11 is 12.5. The van der Waals surface area contributed by atoms with Crippen molar-refractivity contribution in [3.63, 3.8) is 0 Å². The van der Waals surface area contributed by atoms with Crippen LogP contribution in [0.5, 0.6) is 5.75 Å². The van der Waals surface area contributed by atoms with Crippen molar-refractivity contribution in [2.45, 2.75) is 44.6 Å². The van der Waals surface area contributed by atoms with E-state index in [1.54, 1.807) is 43.5 Å². The first-order valence-electron chi connectivity index (χ1n) is 10.1. The maximum atomic E-state index is 12.8. The Morgan fingerprint density at radius 2 is 1.83 bits per heavy atom. The molecule has 3 rings (SSSR count). The average Bonchev–Trinajstić information content (AvgIpc) is 2.74. The maximum absolute atomic E-state index is 12.8. The lowest BCUT2D eigenvalue weighted by molar-refractivity contribution is -0.139. The van der Waals surface area contributed by atoms with E-state index in [9.17, 15) is 14.7 Å². The van der Waals surface area contributed by atoms with Crippen LogP contribution in [-0.4, -0.2) is 30.1 Å². The maximum Gasteiger partial charge on any atom is 0.326 e. The van der Waals surface area contributed by atoms with Crippen molar-refractivity contribution >= 4 is 35.1 Å². The molecule has 160 valence electrons. The van der Waals surface area contributed by atoms with Gasteiger partial charge in [-0.25, -0.2) is 4.79 Å². The van der Waals surface area contributed by atoms with Crippen LogP contribution in [0.1, 0.15) is 48.9 Å². The number of carbonyl (C=O) groups is 2. The van der Waals surface area contributed by atoms with E-state index in [4.69, 9.17) is 27.9 Å². The van der Waals surface area contributed by atoms with Gasteiger partial charge in [-0.05, 0) is 48.7 Å². The second-order valence-electron chi connectivity index (χ2n) is 7.64. The summed E-state index contributed by atoms with van der Waals surface area (Å²) in [5, 5.41) is 13.2. The standard InChI is InChI=1S/C23H25Cl2NO4/c1-30-21-10-8-16(24)13-18(21)17-12-15(7-9-19(17)25)22(27)26-20(23(28)29)11-14-5-3-2-4-6-14/h7-10,12-14,20H,2-6,11H2,1H3,(H,26,27)(H,28,29)/t20-/m0/s1. The molecule has 0 bridgehead atoms. The molecule has 0 saturated heterocycles. The van der Waals surface area contributed by atoms with Gasteiger partial charge in [-0.15, -0.1) is 0 Å². The number of nitrogens with one attached hydrogen (secondary N) is 1. The van der Waals surface area contributed by atoms with Crippen LogP contribution in [0.4, 0.5) is 0 Å². The highest BCUT2D eigenvalue weighted by Crippen LogP contribution is 2.37. The summed E-state index contributed by atoms with van der Waals surface area (Å²) in [5.41, 5.74) is 1.57. The lowest BCUT2D eigenvalue weighted by Crippen LogP contribution is -2.42. The van der Waals surface area contributed by atoms with Crippen LogP contribution in [0.15, 0.2) is 36.4 Å². The fourth-order valence-corrected chi connectivity index (χ4v) is 4.37. The number of hydrogen-bond donors (Lipinski definition) is 2. The van der Waals surface area contributed by atoms with E-state index in [1.807, 2.05) is 0 Å². The van der Waals surface area contributed by atoms with Gasteiger partial charge in [0.2, 0.25) is 0 Å². The third-order valence-electron chi connectivity index (χ3n) is 5.58. The highest BCUT2D eigenvalue weighted by Gasteiger charge is 2.26. The van der Waals surface area contributed by atoms with Gasteiger partial charge in [-0.3, -0.25) is 4.79 Å². The van der Waals surface area contributed by atoms with Gasteiger partial charge < -0.3 is 15.2 Å². The molecular weight excluding hydrogens is 425 g/mol. The number of carbonyl (C=O) groups excluding carboxylic acids is 1. The summed E-state index contributed by atoms with van der Waals surface area (Å²) in [6, 6.07) is 9.06. The molecule has 0 aliphatic heterocycles. The van der Waals surface area contributed by atoms with Crippen molar-refractivity contribution in [3.8, 4) is 16.9 Å². The lowest BCUT2D eigenvalue weighted by atomic mass is 9.85. The van der Waals surface area contributed by atoms with Gasteiger partial charge in [0, 0.05) is 26.7 Å². The minimum Gasteiger partial charge on any atom is -0.496 e. The number of halogens is 2. The normalized spacial score (nSPS) is 15.4. The molecule has 7 heteroatoms. The molecule has 0 spiro atoms. The molecule has 2 aromatic rings. The summed E-state index contributed by atoms with van der Waals surface area (Å²) in [4.78, 5) is 24.6. The summed E-state index contributed by atoms with van der Waals surface area (Å²) in [5.74, 6) is -0.562. The Labute approximate surface area is 186 Å². The van der Waals surface area contributed by atoms with Crippen molar-refractivity contribution in [2.75, 3.05) is 7.11 Å². The van der Waals surface area contributed by atoms with Gasteiger partial charge in [0.15, 0.2) is 0 Å². The van der Waals surface area contributed by atoms with Crippen LogP contribution in [0, 0.1) is 5.92 Å². The average molecular weight is 450 g/mol. The molecule has 2 aromatic carbocycles. The van der Waals surface area contributed by atoms with Gasteiger partial charge in [-0.1, -0.05) is 55.3 Å². The molecule has 1 amide bonds. The molecule has 1 aliphatic carbocycles. The minimum absolute atomic E-state index is 0.325. The van der Waals surface area contributed by atoms with Crippen LogP contribution in [0.3, 0.4) is 0 Å². The van der Waals surface area contributed by atoms with E-state index in [-0.39, 0.29) is 0 Å². The molecule has 0 unspecified atom stereocenters. The van der Waals surface area contributed by atoms with E-state index >= 15 is 0 Å². The van der Waals surface area contributed by atoms with Crippen LogP contribution in [0.2, 0.25) is 10.0 Å². The summed E-state index contributed by atoms with van der Waals surface area (Å²) < 4.78 is 5.40. The molecule has 0 aromatic heterocycles. The number of methoxy groups -OCH3 is 1. The van der Waals surface area contributed by atoms with Gasteiger partial charge in [0.1, 0.15) is 11.8 Å². The zero-order chi connectivity index (χ0) is 21.7. The van der Waals surface area contributed by atoms with Crippen LogP contribution in [0.25, 0.3) is 11.1 Å². The Bertz CT molecular complexity index is 925. The van der Waals surface area contributed by atoms with Gasteiger partial charge in [0.05, 0.1) is 7.11 Å². The summed E-state index contributed by atoms with van der Waals surface area (Å²) in [6.45, 7) is 0. The number of hydrogen-bond acceptors (Lipinski definition) is 3. The first-order chi connectivity index (χ1) is 14.4. The van der Waals surface area contributed by atoms with E-state index in [2.05, 4.69) is 5.32 Å². The van der Waals surface area contributed by atoms with Crippen molar-refractivity contribution in [3.05, 3.63) is 52.0 Å². The quantitative estimate of drug-likeness (QED) is 0.557. The van der Waals surface area contributed by atoms with Crippen LogP contribution >= 0.6 is 23.2 Å². The summed E-state index contributed by atoms with van der Waals surface area (Å²) in [6.07, 6.45) is 5.91. The molecular formula is C23H25Cl2NO4. The first-order valence-corrected chi connectivity index (χ1v) is 10.8. The fourth-order valence-electron chi connectivity index (χ4n) is 3.98. The van der Waals surface area contributed by atoms with Gasteiger partial charge in [0.25, 0.3) is 5.91 Å². The van der Waals surface area contributed by atoms with Gasteiger partial charge >= 0.3 is 5.97 Å². The molecule has 1 saturated carbocycles. The van der Waals surface area contributed by atoms with E-state index in [0.29, 0.717) is 44.8 Å². The smallest absolute Gasteiger partial charge is 0.326 e. The van der Waals surface area contributed by atoms with Gasteiger partial charge in [-0.2, -0.15) is 0 Å². The fraction of sp³-hybridized carbons (Fsp3) is 0.391. The Kier molecular flexibility index (Phi) is 7.62. The molecule has 5 nitrogen and oxygen atoms in total. The van der Waals surface area contributed by atoms with Crippen LogP contribution in [-0.2, 0) is 4.79 Å². The monoisotopic (exact) mass is 449 g/mol. The lowest BCUT2D eigenvalue weighted by Gasteiger charge is -2.25. The van der Waals surface area contributed by atoms with Crippen molar-refractivity contribution in [1.82, 2.24) is 5.32 Å². The second-order valence-corrected chi connectivity index (χ2v) is 8.49. The van der Waals surface area contributed by atoms with E-state index < -0.39 is 17.9 Å². The highest BCUT2D eigenvalue weighted by atomic mass is 35.5. The zero-order valence-corrected chi connectivity index (χ0v) is 18.3. The number of amides is 1. The topological polar surface area (TPSA) is 75.6 Å². The number of ether oxygens (including phenoxy) is 1. The predicted molar refractivity (Wildman–Crippen MR) is 119 cm³/mol. The first kappa shape index (κ1) is 22.4. The molecule has 1 fully saturated rings. The molecule has 0 heterocycles. The SMILES string of the molecule is COc1ccc(Cl)cc1-c1cc(C(=O)N[C@@H](CC2CCCCC2)C(=O)O)ccc1Cl. The van der Waals surface area contributed by atoms with Crippen molar-refractivity contribution in [1.29, 1.82) is 0 Å². The molecule has 2 N–H and O–H groups in total. The zero-order valence-electron chi connectivity index (χ0n) is 16.8. The van der Waals surface area contributed by atoms with Crippen LogP contribution < -0.4 is 10.1 Å². The number of benzene rings is 2. The molecule has 0 radical (unpaired) electrons. The highest BCUT2D eigenvalue weighted by molar-refractivity contribution is 6.34. The summed E-state index contributed by atoms with van der Waals surface area (Å²) in [7, 11) is 1.54. The Hall–Kier alpha value is -2.24. The number of aliphatic carboxylic acids is 1. The Balaban J connectivity index is 1.83. The van der Waals surface area contributed by atoms with Crippen molar-refractivity contribution in [2.24, 2.45) is 5.92 Å². The molecule has 1 atom stereocenters. The van der Waals surface area contributed by atoms with Crippen molar-refractivity contribution < 1.29 is 19.4 Å². The predicted octanol–water partition coefficient (Wildman–Crippen LogP) is 5.82. The number of carboxylic acids is 1. The Morgan fingerprint density at radius 1 is 1.10 bits per heavy atom. The minimum atomic E-state index is -1.01. The number of rotatable bonds is 7. The second kappa shape index (κ2) is 10.2. The number of carboxylic acid groups (broad SMARTS) is 1. The van der Waals surface area contributed by atoms with E-state index in [0.717, 1.165) is 25.7 Å². The molecule has 30 heavy (non-hydrogen) atoms.